The van der Waals surface area contributed by atoms with E-state index in [2.05, 4.69) is 39.6 Å². The van der Waals surface area contributed by atoms with Crippen LogP contribution < -0.4 is 5.56 Å². The molecular formula is C21H27N3OS. The topological polar surface area (TPSA) is 28.5 Å². The maximum absolute atomic E-state index is 13.1. The summed E-state index contributed by atoms with van der Waals surface area (Å²) in [5.74, 6) is 1.14. The largest absolute Gasteiger partial charge is 0.311 e. The Balaban J connectivity index is 1.43. The smallest absolute Gasteiger partial charge is 0.259 e. The monoisotopic (exact) mass is 369 g/mol. The van der Waals surface area contributed by atoms with Crippen LogP contribution in [0.3, 0.4) is 0 Å². The highest BCUT2D eigenvalue weighted by molar-refractivity contribution is 7.13. The molecule has 138 valence electrons. The standard InChI is InChI=1S/C21H27N3OS/c1-22-8-6-17(7-9-22)23-12-15-11-16(14-23)19-5-4-18(20-3-2-10-26-20)21(25)24(19)13-15/h2-5,10,15-17H,6-9,11-14H2,1H3. The first kappa shape index (κ1) is 16.7. The Morgan fingerprint density at radius 1 is 1.08 bits per heavy atom. The molecule has 0 aromatic carbocycles. The summed E-state index contributed by atoms with van der Waals surface area (Å²) in [6.07, 6.45) is 3.83. The molecule has 0 aliphatic carbocycles. The van der Waals surface area contributed by atoms with Crippen LogP contribution in [0.2, 0.25) is 0 Å². The van der Waals surface area contributed by atoms with E-state index < -0.39 is 0 Å². The van der Waals surface area contributed by atoms with Crippen molar-refractivity contribution >= 4 is 11.3 Å². The molecule has 0 amide bonds. The van der Waals surface area contributed by atoms with Gasteiger partial charge in [0, 0.05) is 42.2 Å². The first-order valence-electron chi connectivity index (χ1n) is 9.89. The molecule has 2 saturated heterocycles. The Kier molecular flexibility index (Phi) is 4.26. The maximum atomic E-state index is 13.1. The van der Waals surface area contributed by atoms with Gasteiger partial charge < -0.3 is 9.47 Å². The number of hydrogen-bond acceptors (Lipinski definition) is 4. The van der Waals surface area contributed by atoms with E-state index in [0.717, 1.165) is 29.6 Å². The zero-order chi connectivity index (χ0) is 17.7. The molecule has 3 aliphatic heterocycles. The van der Waals surface area contributed by atoms with Crippen molar-refractivity contribution in [1.29, 1.82) is 0 Å². The van der Waals surface area contributed by atoms with Gasteiger partial charge in [0.1, 0.15) is 0 Å². The molecule has 5 heteroatoms. The lowest BCUT2D eigenvalue weighted by Crippen LogP contribution is -2.53. The fraction of sp³-hybridized carbons (Fsp3) is 0.571. The second-order valence-corrected chi connectivity index (χ2v) is 9.30. The molecule has 2 atom stereocenters. The molecule has 3 aliphatic rings. The fourth-order valence-corrected chi connectivity index (χ4v) is 6.00. The van der Waals surface area contributed by atoms with E-state index in [-0.39, 0.29) is 5.56 Å². The lowest BCUT2D eigenvalue weighted by atomic mass is 9.81. The van der Waals surface area contributed by atoms with E-state index in [1.807, 2.05) is 11.4 Å². The number of thiophene rings is 1. The minimum atomic E-state index is 0.215. The molecule has 2 aromatic heterocycles. The van der Waals surface area contributed by atoms with Crippen molar-refractivity contribution in [2.75, 3.05) is 33.2 Å². The van der Waals surface area contributed by atoms with E-state index in [1.165, 1.54) is 44.6 Å². The van der Waals surface area contributed by atoms with Gasteiger partial charge in [0.25, 0.3) is 5.56 Å². The third-order valence-electron chi connectivity index (χ3n) is 6.62. The summed E-state index contributed by atoms with van der Waals surface area (Å²) in [4.78, 5) is 19.4. The lowest BCUT2D eigenvalue weighted by molar-refractivity contribution is 0.0517. The van der Waals surface area contributed by atoms with Crippen LogP contribution in [0.25, 0.3) is 10.4 Å². The van der Waals surface area contributed by atoms with Crippen LogP contribution in [0.5, 0.6) is 0 Å². The summed E-state index contributed by atoms with van der Waals surface area (Å²) < 4.78 is 2.10. The number of rotatable bonds is 2. The van der Waals surface area contributed by atoms with Gasteiger partial charge in [-0.25, -0.2) is 0 Å². The molecule has 2 bridgehead atoms. The number of likely N-dealkylation sites (tertiary alicyclic amines) is 2. The minimum Gasteiger partial charge on any atom is -0.311 e. The van der Waals surface area contributed by atoms with Crippen molar-refractivity contribution in [3.05, 3.63) is 45.7 Å². The Morgan fingerprint density at radius 3 is 2.69 bits per heavy atom. The van der Waals surface area contributed by atoms with Crippen LogP contribution in [0, 0.1) is 5.92 Å². The van der Waals surface area contributed by atoms with Crippen LogP contribution in [-0.2, 0) is 6.54 Å². The minimum absolute atomic E-state index is 0.215. The third kappa shape index (κ3) is 2.86. The zero-order valence-corrected chi connectivity index (χ0v) is 16.3. The number of piperidine rings is 2. The molecule has 0 saturated carbocycles. The number of hydrogen-bond donors (Lipinski definition) is 0. The van der Waals surface area contributed by atoms with Crippen molar-refractivity contribution < 1.29 is 0 Å². The van der Waals surface area contributed by atoms with E-state index in [0.29, 0.717) is 11.8 Å². The Labute approximate surface area is 159 Å². The van der Waals surface area contributed by atoms with Gasteiger partial charge >= 0.3 is 0 Å². The Morgan fingerprint density at radius 2 is 1.92 bits per heavy atom. The summed E-state index contributed by atoms with van der Waals surface area (Å²) in [5, 5.41) is 2.05. The van der Waals surface area contributed by atoms with E-state index in [4.69, 9.17) is 0 Å². The van der Waals surface area contributed by atoms with E-state index in [9.17, 15) is 4.79 Å². The Bertz CT molecular complexity index is 835. The molecular weight excluding hydrogens is 342 g/mol. The molecule has 2 fully saturated rings. The van der Waals surface area contributed by atoms with Crippen molar-refractivity contribution in [3.63, 3.8) is 0 Å². The quantitative estimate of drug-likeness (QED) is 0.814. The van der Waals surface area contributed by atoms with Gasteiger partial charge in [-0.05, 0) is 68.9 Å². The maximum Gasteiger partial charge on any atom is 0.259 e. The van der Waals surface area contributed by atoms with E-state index in [1.54, 1.807) is 11.3 Å². The predicted molar refractivity (Wildman–Crippen MR) is 107 cm³/mol. The molecule has 26 heavy (non-hydrogen) atoms. The lowest BCUT2D eigenvalue weighted by Gasteiger charge is -2.47. The molecule has 2 aromatic rings. The number of aromatic nitrogens is 1. The Hall–Kier alpha value is -1.43. The molecule has 0 spiro atoms. The average Bonchev–Trinajstić information content (AvgIpc) is 3.17. The summed E-state index contributed by atoms with van der Waals surface area (Å²) in [6, 6.07) is 9.11. The third-order valence-corrected chi connectivity index (χ3v) is 7.53. The summed E-state index contributed by atoms with van der Waals surface area (Å²) in [5.41, 5.74) is 2.35. The first-order valence-corrected chi connectivity index (χ1v) is 10.8. The fourth-order valence-electron chi connectivity index (χ4n) is 5.26. The molecule has 2 unspecified atom stereocenters. The first-order chi connectivity index (χ1) is 12.7. The second kappa shape index (κ2) is 6.63. The van der Waals surface area contributed by atoms with Crippen molar-refractivity contribution in [3.8, 4) is 10.4 Å². The summed E-state index contributed by atoms with van der Waals surface area (Å²) in [6.45, 7) is 5.63. The van der Waals surface area contributed by atoms with Crippen LogP contribution in [-0.4, -0.2) is 53.6 Å². The van der Waals surface area contributed by atoms with Gasteiger partial charge in [-0.3, -0.25) is 9.69 Å². The molecule has 0 radical (unpaired) electrons. The van der Waals surface area contributed by atoms with Gasteiger partial charge in [-0.2, -0.15) is 0 Å². The van der Waals surface area contributed by atoms with E-state index >= 15 is 0 Å². The van der Waals surface area contributed by atoms with Gasteiger partial charge in [-0.15, -0.1) is 11.3 Å². The van der Waals surface area contributed by atoms with Gasteiger partial charge in [-0.1, -0.05) is 6.07 Å². The van der Waals surface area contributed by atoms with Gasteiger partial charge in [0.2, 0.25) is 0 Å². The van der Waals surface area contributed by atoms with Crippen LogP contribution in [0.15, 0.2) is 34.4 Å². The van der Waals surface area contributed by atoms with Crippen LogP contribution in [0.4, 0.5) is 0 Å². The van der Waals surface area contributed by atoms with Crippen LogP contribution >= 0.6 is 11.3 Å². The SMILES string of the molecule is CN1CCC(N2CC3CC(C2)c2ccc(-c4cccs4)c(=O)n2C3)CC1. The molecule has 5 heterocycles. The van der Waals surface area contributed by atoms with Crippen molar-refractivity contribution in [1.82, 2.24) is 14.4 Å². The number of fused-ring (bicyclic) bond motifs is 4. The predicted octanol–water partition coefficient (Wildman–Crippen LogP) is 3.09. The second-order valence-electron chi connectivity index (χ2n) is 8.35. The average molecular weight is 370 g/mol. The zero-order valence-electron chi connectivity index (χ0n) is 15.4. The van der Waals surface area contributed by atoms with Crippen molar-refractivity contribution in [2.24, 2.45) is 5.92 Å². The van der Waals surface area contributed by atoms with Gasteiger partial charge in [0.05, 0.1) is 5.56 Å². The molecule has 5 rings (SSSR count). The number of nitrogens with zero attached hydrogens (tertiary/aromatic N) is 3. The van der Waals surface area contributed by atoms with Crippen LogP contribution in [0.1, 0.15) is 30.9 Å². The highest BCUT2D eigenvalue weighted by Crippen LogP contribution is 2.37. The van der Waals surface area contributed by atoms with Gasteiger partial charge in [0.15, 0.2) is 0 Å². The summed E-state index contributed by atoms with van der Waals surface area (Å²) in [7, 11) is 2.23. The highest BCUT2D eigenvalue weighted by Gasteiger charge is 2.37. The highest BCUT2D eigenvalue weighted by atomic mass is 32.1. The molecule has 4 nitrogen and oxygen atoms in total. The number of pyridine rings is 1. The summed E-state index contributed by atoms with van der Waals surface area (Å²) >= 11 is 1.66. The molecule has 0 N–H and O–H groups in total. The normalized spacial score (nSPS) is 27.4. The van der Waals surface area contributed by atoms with Crippen molar-refractivity contribution in [2.45, 2.75) is 37.8 Å².